The van der Waals surface area contributed by atoms with Gasteiger partial charge in [0.05, 0.1) is 11.4 Å². The first-order valence-electron chi connectivity index (χ1n) is 10.6. The number of carbonyl (C=O) groups excluding carboxylic acids is 2. The Morgan fingerprint density at radius 2 is 1.62 bits per heavy atom. The van der Waals surface area contributed by atoms with Gasteiger partial charge in [-0.1, -0.05) is 48.5 Å². The highest BCUT2D eigenvalue weighted by Gasteiger charge is 2.35. The normalized spacial score (nSPS) is 15.4. The molecular weight excluding hydrogens is 400 g/mol. The number of likely N-dealkylation sites (N-methyl/N-ethyl adjacent to an activating group) is 1. The molecule has 1 aliphatic rings. The molecule has 1 aliphatic heterocycles. The molecule has 32 heavy (non-hydrogen) atoms. The maximum Gasteiger partial charge on any atom is 0.251 e. The Kier molecular flexibility index (Phi) is 6.42. The number of nitrogens with one attached hydrogen (secondary N) is 2. The summed E-state index contributed by atoms with van der Waals surface area (Å²) in [6.45, 7) is 1.36. The average Bonchev–Trinajstić information content (AvgIpc) is 3.13. The second kappa shape index (κ2) is 9.58. The molecule has 6 heteroatoms. The zero-order valence-corrected chi connectivity index (χ0v) is 18.2. The van der Waals surface area contributed by atoms with E-state index in [0.717, 1.165) is 23.4 Å². The summed E-state index contributed by atoms with van der Waals surface area (Å²) >= 11 is 0. The van der Waals surface area contributed by atoms with Gasteiger partial charge in [-0.05, 0) is 55.6 Å². The lowest BCUT2D eigenvalue weighted by atomic mass is 9.90. The van der Waals surface area contributed by atoms with Gasteiger partial charge in [0.25, 0.3) is 5.91 Å². The first-order chi connectivity index (χ1) is 15.5. The molecule has 1 atom stereocenters. The summed E-state index contributed by atoms with van der Waals surface area (Å²) in [6, 6.07) is 24.6. The Morgan fingerprint density at radius 3 is 2.34 bits per heavy atom. The van der Waals surface area contributed by atoms with E-state index in [1.54, 1.807) is 12.1 Å². The van der Waals surface area contributed by atoms with Crippen molar-refractivity contribution < 1.29 is 9.59 Å². The van der Waals surface area contributed by atoms with Crippen LogP contribution in [0.15, 0.2) is 83.9 Å². The topological polar surface area (TPSA) is 73.8 Å². The summed E-state index contributed by atoms with van der Waals surface area (Å²) < 4.78 is 0. The van der Waals surface area contributed by atoms with Gasteiger partial charge in [-0.15, -0.1) is 0 Å². The van der Waals surface area contributed by atoms with Crippen molar-refractivity contribution in [3.05, 3.63) is 95.6 Å². The zero-order valence-electron chi connectivity index (χ0n) is 18.2. The molecule has 0 bridgehead atoms. The highest BCUT2D eigenvalue weighted by molar-refractivity contribution is 6.24. The Balaban J connectivity index is 1.64. The van der Waals surface area contributed by atoms with Crippen molar-refractivity contribution >= 4 is 28.9 Å². The number of para-hydroxylation sites is 1. The number of hydrogen-bond donors (Lipinski definition) is 2. The molecule has 1 unspecified atom stereocenters. The van der Waals surface area contributed by atoms with Crippen LogP contribution in [-0.4, -0.2) is 49.6 Å². The molecule has 6 nitrogen and oxygen atoms in total. The number of rotatable bonds is 7. The number of aliphatic imine (C=N–C) groups is 1. The first kappa shape index (κ1) is 21.5. The molecule has 0 aliphatic carbocycles. The van der Waals surface area contributed by atoms with Crippen LogP contribution in [0.3, 0.4) is 0 Å². The van der Waals surface area contributed by atoms with Crippen molar-refractivity contribution in [1.29, 1.82) is 0 Å². The minimum atomic E-state index is -0.498. The van der Waals surface area contributed by atoms with Gasteiger partial charge < -0.3 is 15.5 Å². The standard InChI is InChI=1S/C26H26N4O2/c1-30(2)17-16-27-25(31)19-12-14-20(15-13-19)28-24(18-8-4-3-5-9-18)23-21-10-6-7-11-22(21)29-26(23)32/h3-15,23H,16-17H2,1-2H3,(H,27,31)(H,29,32). The third-order valence-corrected chi connectivity index (χ3v) is 5.36. The largest absolute Gasteiger partial charge is 0.351 e. The third-order valence-electron chi connectivity index (χ3n) is 5.36. The van der Waals surface area contributed by atoms with Gasteiger partial charge >= 0.3 is 0 Å². The second-order valence-corrected chi connectivity index (χ2v) is 7.98. The molecule has 1 heterocycles. The van der Waals surface area contributed by atoms with Crippen molar-refractivity contribution in [3.63, 3.8) is 0 Å². The van der Waals surface area contributed by atoms with Crippen molar-refractivity contribution in [2.45, 2.75) is 5.92 Å². The van der Waals surface area contributed by atoms with Gasteiger partial charge in [0, 0.05) is 24.3 Å². The Bertz CT molecular complexity index is 1140. The average molecular weight is 427 g/mol. The van der Waals surface area contributed by atoms with E-state index in [4.69, 9.17) is 4.99 Å². The number of carbonyl (C=O) groups is 2. The van der Waals surface area contributed by atoms with Crippen molar-refractivity contribution in [2.75, 3.05) is 32.5 Å². The van der Waals surface area contributed by atoms with Crippen molar-refractivity contribution in [1.82, 2.24) is 10.2 Å². The molecule has 162 valence electrons. The molecule has 2 amide bonds. The number of benzene rings is 3. The predicted octanol–water partition coefficient (Wildman–Crippen LogP) is 3.83. The van der Waals surface area contributed by atoms with Crippen LogP contribution in [0.5, 0.6) is 0 Å². The highest BCUT2D eigenvalue weighted by Crippen LogP contribution is 2.36. The molecule has 3 aromatic carbocycles. The van der Waals surface area contributed by atoms with Crippen LogP contribution in [0.1, 0.15) is 27.4 Å². The number of hydrogen-bond acceptors (Lipinski definition) is 4. The van der Waals surface area contributed by atoms with E-state index in [9.17, 15) is 9.59 Å². The Hall–Kier alpha value is -3.77. The SMILES string of the molecule is CN(C)CCNC(=O)c1ccc(N=C(c2ccccc2)C2C(=O)Nc3ccccc32)cc1. The fourth-order valence-corrected chi connectivity index (χ4v) is 3.71. The van der Waals surface area contributed by atoms with Crippen LogP contribution < -0.4 is 10.6 Å². The molecule has 0 fully saturated rings. The quantitative estimate of drug-likeness (QED) is 0.564. The minimum absolute atomic E-state index is 0.0920. The van der Waals surface area contributed by atoms with E-state index in [-0.39, 0.29) is 11.8 Å². The van der Waals surface area contributed by atoms with Crippen LogP contribution in [0, 0.1) is 0 Å². The van der Waals surface area contributed by atoms with E-state index in [2.05, 4.69) is 10.6 Å². The number of fused-ring (bicyclic) bond motifs is 1. The van der Waals surface area contributed by atoms with Crippen LogP contribution in [0.4, 0.5) is 11.4 Å². The second-order valence-electron chi connectivity index (χ2n) is 7.98. The van der Waals surface area contributed by atoms with E-state index < -0.39 is 5.92 Å². The molecular formula is C26H26N4O2. The van der Waals surface area contributed by atoms with E-state index in [1.807, 2.05) is 85.7 Å². The molecule has 0 saturated carbocycles. The van der Waals surface area contributed by atoms with Gasteiger partial charge in [-0.2, -0.15) is 0 Å². The summed E-state index contributed by atoms with van der Waals surface area (Å²) in [5.41, 5.74) is 4.55. The number of nitrogens with zero attached hydrogens (tertiary/aromatic N) is 2. The molecule has 4 rings (SSSR count). The predicted molar refractivity (Wildman–Crippen MR) is 128 cm³/mol. The monoisotopic (exact) mass is 426 g/mol. The zero-order chi connectivity index (χ0) is 22.5. The summed E-state index contributed by atoms with van der Waals surface area (Å²) in [4.78, 5) is 32.1. The molecule has 0 saturated heterocycles. The van der Waals surface area contributed by atoms with Gasteiger partial charge in [-0.3, -0.25) is 14.6 Å². The minimum Gasteiger partial charge on any atom is -0.351 e. The van der Waals surface area contributed by atoms with Crippen molar-refractivity contribution in [2.24, 2.45) is 4.99 Å². The van der Waals surface area contributed by atoms with E-state index in [0.29, 0.717) is 23.5 Å². The summed E-state index contributed by atoms with van der Waals surface area (Å²) in [7, 11) is 3.93. The van der Waals surface area contributed by atoms with E-state index in [1.165, 1.54) is 0 Å². The number of anilines is 1. The van der Waals surface area contributed by atoms with Crippen LogP contribution in [-0.2, 0) is 4.79 Å². The molecule has 0 spiro atoms. The lowest BCUT2D eigenvalue weighted by molar-refractivity contribution is -0.115. The van der Waals surface area contributed by atoms with Crippen LogP contribution >= 0.6 is 0 Å². The lowest BCUT2D eigenvalue weighted by Crippen LogP contribution is -2.31. The number of amides is 2. The molecule has 3 aromatic rings. The van der Waals surface area contributed by atoms with Gasteiger partial charge in [0.2, 0.25) is 5.91 Å². The van der Waals surface area contributed by atoms with Gasteiger partial charge in [0.15, 0.2) is 0 Å². The van der Waals surface area contributed by atoms with Crippen LogP contribution in [0.2, 0.25) is 0 Å². The lowest BCUT2D eigenvalue weighted by Gasteiger charge is -2.14. The molecule has 0 aromatic heterocycles. The maximum absolute atomic E-state index is 12.9. The molecule has 2 N–H and O–H groups in total. The third kappa shape index (κ3) is 4.76. The fraction of sp³-hybridized carbons (Fsp3) is 0.192. The summed E-state index contributed by atoms with van der Waals surface area (Å²) in [5, 5.41) is 5.87. The summed E-state index contributed by atoms with van der Waals surface area (Å²) in [5.74, 6) is -0.705. The Morgan fingerprint density at radius 1 is 0.938 bits per heavy atom. The Labute approximate surface area is 188 Å². The summed E-state index contributed by atoms with van der Waals surface area (Å²) in [6.07, 6.45) is 0. The van der Waals surface area contributed by atoms with Crippen LogP contribution in [0.25, 0.3) is 0 Å². The molecule has 0 radical (unpaired) electrons. The van der Waals surface area contributed by atoms with Gasteiger partial charge in [0.1, 0.15) is 5.92 Å². The fourth-order valence-electron chi connectivity index (χ4n) is 3.71. The smallest absolute Gasteiger partial charge is 0.251 e. The maximum atomic E-state index is 12.9. The van der Waals surface area contributed by atoms with Gasteiger partial charge in [-0.25, -0.2) is 0 Å². The first-order valence-corrected chi connectivity index (χ1v) is 10.6. The van der Waals surface area contributed by atoms with E-state index >= 15 is 0 Å². The van der Waals surface area contributed by atoms with Crippen molar-refractivity contribution in [3.8, 4) is 0 Å². The highest BCUT2D eigenvalue weighted by atomic mass is 16.2.